The maximum absolute atomic E-state index is 11.2. The number of fused-ring (bicyclic) bond motifs is 1. The van der Waals surface area contributed by atoms with Crippen molar-refractivity contribution in [2.45, 2.75) is 6.54 Å². The van der Waals surface area contributed by atoms with Crippen LogP contribution in [0.2, 0.25) is 0 Å². The second kappa shape index (κ2) is 2.85. The van der Waals surface area contributed by atoms with Gasteiger partial charge in [0, 0.05) is 6.54 Å². The van der Waals surface area contributed by atoms with Crippen LogP contribution in [-0.2, 0) is 6.54 Å². The molecule has 5 nitrogen and oxygen atoms in total. The third kappa shape index (κ3) is 1.14. The van der Waals surface area contributed by atoms with E-state index in [-0.39, 0.29) is 5.56 Å². The Morgan fingerprint density at radius 2 is 2.46 bits per heavy atom. The first-order chi connectivity index (χ1) is 6.33. The van der Waals surface area contributed by atoms with E-state index in [1.807, 2.05) is 0 Å². The lowest BCUT2D eigenvalue weighted by molar-refractivity contribution is 0.838. The van der Waals surface area contributed by atoms with Crippen LogP contribution in [0.3, 0.4) is 0 Å². The lowest BCUT2D eigenvalue weighted by atomic mass is 10.5. The minimum absolute atomic E-state index is 0.215. The Kier molecular flexibility index (Phi) is 1.70. The minimum Gasteiger partial charge on any atom is -0.311 e. The van der Waals surface area contributed by atoms with Gasteiger partial charge >= 0.3 is 0 Å². The molecule has 5 heteroatoms. The van der Waals surface area contributed by atoms with Gasteiger partial charge in [-0.3, -0.25) is 4.79 Å². The van der Waals surface area contributed by atoms with Crippen LogP contribution >= 0.6 is 0 Å². The van der Waals surface area contributed by atoms with Gasteiger partial charge in [-0.2, -0.15) is 0 Å². The number of nitrogens with zero attached hydrogens (tertiary/aromatic N) is 3. The number of aromatic nitrogens is 4. The molecule has 0 bridgehead atoms. The molecule has 0 radical (unpaired) electrons. The maximum atomic E-state index is 11.2. The van der Waals surface area contributed by atoms with Gasteiger partial charge in [0.2, 0.25) is 0 Å². The van der Waals surface area contributed by atoms with E-state index in [1.54, 1.807) is 17.0 Å². The molecule has 13 heavy (non-hydrogen) atoms. The molecule has 0 spiro atoms. The fraction of sp³-hybridized carbons (Fsp3) is 0.125. The van der Waals surface area contributed by atoms with Crippen LogP contribution in [0.25, 0.3) is 11.2 Å². The Balaban J connectivity index is 2.75. The van der Waals surface area contributed by atoms with Crippen molar-refractivity contribution in [1.82, 2.24) is 19.5 Å². The summed E-state index contributed by atoms with van der Waals surface area (Å²) in [5.41, 5.74) is 0.737. The SMILES string of the molecule is C=CCn1cnc2c(=O)[nH]cnc21. The Morgan fingerprint density at radius 1 is 1.62 bits per heavy atom. The molecule has 2 aromatic heterocycles. The number of hydrogen-bond acceptors (Lipinski definition) is 3. The van der Waals surface area contributed by atoms with E-state index >= 15 is 0 Å². The van der Waals surface area contributed by atoms with Gasteiger partial charge in [-0.1, -0.05) is 6.08 Å². The number of nitrogens with one attached hydrogen (secondary N) is 1. The Labute approximate surface area is 73.8 Å². The number of rotatable bonds is 2. The van der Waals surface area contributed by atoms with Crippen molar-refractivity contribution in [2.24, 2.45) is 0 Å². The second-order valence-corrected chi connectivity index (χ2v) is 2.59. The number of H-pyrrole nitrogens is 1. The van der Waals surface area contributed by atoms with E-state index in [2.05, 4.69) is 21.5 Å². The van der Waals surface area contributed by atoms with Crippen molar-refractivity contribution in [1.29, 1.82) is 0 Å². The summed E-state index contributed by atoms with van der Waals surface area (Å²) >= 11 is 0. The molecule has 2 heterocycles. The lowest BCUT2D eigenvalue weighted by Crippen LogP contribution is -2.07. The lowest BCUT2D eigenvalue weighted by Gasteiger charge is -1.95. The first kappa shape index (κ1) is 7.72. The summed E-state index contributed by atoms with van der Waals surface area (Å²) in [7, 11) is 0. The average Bonchev–Trinajstić information content (AvgIpc) is 2.51. The van der Waals surface area contributed by atoms with Gasteiger partial charge in [-0.25, -0.2) is 9.97 Å². The van der Waals surface area contributed by atoms with Crippen molar-refractivity contribution < 1.29 is 0 Å². The van der Waals surface area contributed by atoms with Gasteiger partial charge in [0.05, 0.1) is 12.7 Å². The van der Waals surface area contributed by atoms with E-state index < -0.39 is 0 Å². The van der Waals surface area contributed by atoms with Crippen molar-refractivity contribution in [3.63, 3.8) is 0 Å². The summed E-state index contributed by atoms with van der Waals surface area (Å²) in [6.45, 7) is 4.21. The van der Waals surface area contributed by atoms with Crippen LogP contribution in [0, 0.1) is 0 Å². The summed E-state index contributed by atoms with van der Waals surface area (Å²) in [6, 6.07) is 0. The fourth-order valence-corrected chi connectivity index (χ4v) is 1.16. The van der Waals surface area contributed by atoms with Crippen molar-refractivity contribution in [2.75, 3.05) is 0 Å². The van der Waals surface area contributed by atoms with E-state index in [4.69, 9.17) is 0 Å². The molecule has 0 aromatic carbocycles. The Morgan fingerprint density at radius 3 is 3.23 bits per heavy atom. The topological polar surface area (TPSA) is 63.6 Å². The van der Waals surface area contributed by atoms with Gasteiger partial charge in [-0.15, -0.1) is 6.58 Å². The van der Waals surface area contributed by atoms with Gasteiger partial charge < -0.3 is 9.55 Å². The highest BCUT2D eigenvalue weighted by molar-refractivity contribution is 5.68. The fourth-order valence-electron chi connectivity index (χ4n) is 1.16. The highest BCUT2D eigenvalue weighted by Gasteiger charge is 2.04. The van der Waals surface area contributed by atoms with Crippen LogP contribution in [0.5, 0.6) is 0 Å². The highest BCUT2D eigenvalue weighted by Crippen LogP contribution is 2.02. The summed E-state index contributed by atoms with van der Waals surface area (Å²) in [5.74, 6) is 0. The molecule has 0 unspecified atom stereocenters. The third-order valence-electron chi connectivity index (χ3n) is 1.73. The Hall–Kier alpha value is -1.91. The second-order valence-electron chi connectivity index (χ2n) is 2.59. The van der Waals surface area contributed by atoms with E-state index in [1.165, 1.54) is 6.33 Å². The summed E-state index contributed by atoms with van der Waals surface area (Å²) in [5, 5.41) is 0. The maximum Gasteiger partial charge on any atom is 0.278 e. The zero-order valence-electron chi connectivity index (χ0n) is 6.90. The third-order valence-corrected chi connectivity index (χ3v) is 1.73. The molecule has 0 aliphatic rings. The molecule has 0 amide bonds. The zero-order valence-corrected chi connectivity index (χ0v) is 6.90. The molecule has 0 aliphatic carbocycles. The summed E-state index contributed by atoms with van der Waals surface area (Å²) < 4.78 is 1.76. The largest absolute Gasteiger partial charge is 0.311 e. The number of hydrogen-bond donors (Lipinski definition) is 1. The summed E-state index contributed by atoms with van der Waals surface area (Å²) in [4.78, 5) is 21.6. The molecular weight excluding hydrogens is 168 g/mol. The molecule has 0 fully saturated rings. The van der Waals surface area contributed by atoms with Crippen LogP contribution < -0.4 is 5.56 Å². The molecule has 0 saturated carbocycles. The number of aromatic amines is 1. The first-order valence-electron chi connectivity index (χ1n) is 3.82. The predicted octanol–water partition coefficient (Wildman–Crippen LogP) is 0.306. The van der Waals surface area contributed by atoms with E-state index in [0.717, 1.165) is 0 Å². The molecule has 2 rings (SSSR count). The molecule has 2 aromatic rings. The Bertz CT molecular complexity index is 496. The first-order valence-corrected chi connectivity index (χ1v) is 3.82. The highest BCUT2D eigenvalue weighted by atomic mass is 16.1. The zero-order chi connectivity index (χ0) is 9.26. The van der Waals surface area contributed by atoms with E-state index in [0.29, 0.717) is 17.7 Å². The minimum atomic E-state index is -0.215. The van der Waals surface area contributed by atoms with Crippen LogP contribution in [0.1, 0.15) is 0 Å². The van der Waals surface area contributed by atoms with Crippen molar-refractivity contribution in [3.05, 3.63) is 35.7 Å². The van der Waals surface area contributed by atoms with Crippen LogP contribution in [0.4, 0.5) is 0 Å². The molecule has 1 N–H and O–H groups in total. The quantitative estimate of drug-likeness (QED) is 0.669. The standard InChI is InChI=1S/C8H8N4O/c1-2-3-12-5-11-6-7(12)9-4-10-8(6)13/h2,4-5H,1,3H2,(H,9,10,13). The van der Waals surface area contributed by atoms with Crippen molar-refractivity contribution in [3.8, 4) is 0 Å². The smallest absolute Gasteiger partial charge is 0.278 e. The number of imidazole rings is 1. The normalized spacial score (nSPS) is 10.5. The number of allylic oxidation sites excluding steroid dienone is 1. The molecule has 0 saturated heterocycles. The van der Waals surface area contributed by atoms with Gasteiger partial charge in [-0.05, 0) is 0 Å². The van der Waals surface area contributed by atoms with Gasteiger partial charge in [0.25, 0.3) is 5.56 Å². The predicted molar refractivity (Wildman–Crippen MR) is 48.3 cm³/mol. The van der Waals surface area contributed by atoms with Crippen molar-refractivity contribution >= 4 is 11.2 Å². The van der Waals surface area contributed by atoms with Crippen LogP contribution in [-0.4, -0.2) is 19.5 Å². The van der Waals surface area contributed by atoms with Gasteiger partial charge in [0.15, 0.2) is 11.2 Å². The monoisotopic (exact) mass is 176 g/mol. The average molecular weight is 176 g/mol. The molecule has 0 atom stereocenters. The molecule has 0 aliphatic heterocycles. The van der Waals surface area contributed by atoms with Gasteiger partial charge in [0.1, 0.15) is 0 Å². The van der Waals surface area contributed by atoms with Crippen LogP contribution in [0.15, 0.2) is 30.1 Å². The van der Waals surface area contributed by atoms with E-state index in [9.17, 15) is 4.79 Å². The summed E-state index contributed by atoms with van der Waals surface area (Å²) in [6.07, 6.45) is 4.67. The molecule has 66 valence electrons. The molecular formula is C8H8N4O.